The van der Waals surface area contributed by atoms with Gasteiger partial charge in [0.25, 0.3) is 0 Å². The fraction of sp³-hybridized carbons (Fsp3) is 0.647. The summed E-state index contributed by atoms with van der Waals surface area (Å²) < 4.78 is 1.12. The topological polar surface area (TPSA) is 38.0 Å². The summed E-state index contributed by atoms with van der Waals surface area (Å²) in [7, 11) is 0. The Morgan fingerprint density at radius 3 is 2.90 bits per heavy atom. The van der Waals surface area contributed by atoms with Crippen molar-refractivity contribution in [1.29, 1.82) is 0 Å². The molecule has 0 aromatic heterocycles. The summed E-state index contributed by atoms with van der Waals surface area (Å²) in [6, 6.07) is 8.41. The number of rotatable bonds is 5. The van der Waals surface area contributed by atoms with E-state index in [1.807, 2.05) is 0 Å². The third-order valence-electron chi connectivity index (χ3n) is 4.38. The molecule has 0 aliphatic heterocycles. The highest BCUT2D eigenvalue weighted by atomic mass is 79.9. The molecule has 2 atom stereocenters. The molecule has 0 radical (unpaired) electrons. The van der Waals surface area contributed by atoms with E-state index < -0.39 is 0 Å². The molecule has 1 saturated carbocycles. The van der Waals surface area contributed by atoms with E-state index in [0.29, 0.717) is 6.54 Å². The Balaban J connectivity index is 2.08. The predicted octanol–water partition coefficient (Wildman–Crippen LogP) is 4.79. The van der Waals surface area contributed by atoms with Gasteiger partial charge in [0.05, 0.1) is 0 Å². The first-order chi connectivity index (χ1) is 9.53. The highest BCUT2D eigenvalue weighted by Gasteiger charge is 2.35. The molecule has 0 spiro atoms. The van der Waals surface area contributed by atoms with E-state index in [2.05, 4.69) is 59.4 Å². The molecule has 0 bridgehead atoms. The third kappa shape index (κ3) is 4.23. The SMILES string of the molecule is CC(C)CC1CCCC(CN)(Nc2cccc(Br)c2)C1. The lowest BCUT2D eigenvalue weighted by Gasteiger charge is -2.42. The zero-order chi connectivity index (χ0) is 14.6. The van der Waals surface area contributed by atoms with Gasteiger partial charge < -0.3 is 11.1 Å². The minimum atomic E-state index is 0.0819. The van der Waals surface area contributed by atoms with Crippen LogP contribution in [0.3, 0.4) is 0 Å². The number of hydrogen-bond acceptors (Lipinski definition) is 2. The molecule has 2 unspecified atom stereocenters. The Kier molecular flexibility index (Phi) is 5.50. The zero-order valence-corrected chi connectivity index (χ0v) is 14.2. The lowest BCUT2D eigenvalue weighted by molar-refractivity contribution is 0.223. The van der Waals surface area contributed by atoms with Gasteiger partial charge in [-0.05, 0) is 49.3 Å². The second-order valence-corrected chi connectivity index (χ2v) is 7.63. The summed E-state index contributed by atoms with van der Waals surface area (Å²) in [6.45, 7) is 5.36. The highest BCUT2D eigenvalue weighted by Crippen LogP contribution is 2.37. The molecular weight excluding hydrogens is 312 g/mol. The van der Waals surface area contributed by atoms with Gasteiger partial charge >= 0.3 is 0 Å². The Labute approximate surface area is 131 Å². The molecular formula is C17H27BrN2. The van der Waals surface area contributed by atoms with Gasteiger partial charge in [-0.1, -0.05) is 48.7 Å². The van der Waals surface area contributed by atoms with Gasteiger partial charge in [0.15, 0.2) is 0 Å². The minimum absolute atomic E-state index is 0.0819. The van der Waals surface area contributed by atoms with E-state index >= 15 is 0 Å². The molecule has 2 nitrogen and oxygen atoms in total. The molecule has 0 heterocycles. The first-order valence-corrected chi connectivity index (χ1v) is 8.56. The van der Waals surface area contributed by atoms with Crippen molar-refractivity contribution in [3.05, 3.63) is 28.7 Å². The predicted molar refractivity (Wildman–Crippen MR) is 91.0 cm³/mol. The lowest BCUT2D eigenvalue weighted by Crippen LogP contribution is -2.49. The third-order valence-corrected chi connectivity index (χ3v) is 4.87. The van der Waals surface area contributed by atoms with Crippen LogP contribution in [0.1, 0.15) is 46.0 Å². The van der Waals surface area contributed by atoms with Crippen LogP contribution in [0.25, 0.3) is 0 Å². The van der Waals surface area contributed by atoms with Crippen LogP contribution in [0.15, 0.2) is 28.7 Å². The van der Waals surface area contributed by atoms with Crippen LogP contribution >= 0.6 is 15.9 Å². The molecule has 2 rings (SSSR count). The second kappa shape index (κ2) is 6.95. The fourth-order valence-electron chi connectivity index (χ4n) is 3.58. The quantitative estimate of drug-likeness (QED) is 0.809. The number of anilines is 1. The van der Waals surface area contributed by atoms with Crippen molar-refractivity contribution in [2.45, 2.75) is 51.5 Å². The molecule has 1 aliphatic rings. The van der Waals surface area contributed by atoms with E-state index in [1.54, 1.807) is 0 Å². The zero-order valence-electron chi connectivity index (χ0n) is 12.7. The number of halogens is 1. The fourth-order valence-corrected chi connectivity index (χ4v) is 3.98. The Bertz CT molecular complexity index is 433. The Morgan fingerprint density at radius 1 is 1.45 bits per heavy atom. The maximum absolute atomic E-state index is 6.14. The van der Waals surface area contributed by atoms with Crippen LogP contribution in [0.4, 0.5) is 5.69 Å². The van der Waals surface area contributed by atoms with Crippen molar-refractivity contribution >= 4 is 21.6 Å². The Hall–Kier alpha value is -0.540. The number of nitrogens with one attached hydrogen (secondary N) is 1. The number of hydrogen-bond donors (Lipinski definition) is 2. The maximum atomic E-state index is 6.14. The molecule has 112 valence electrons. The second-order valence-electron chi connectivity index (χ2n) is 6.71. The lowest BCUT2D eigenvalue weighted by atomic mass is 9.73. The van der Waals surface area contributed by atoms with Crippen LogP contribution in [0.5, 0.6) is 0 Å². The van der Waals surface area contributed by atoms with Gasteiger partial charge in [-0.2, -0.15) is 0 Å². The van der Waals surface area contributed by atoms with E-state index in [9.17, 15) is 0 Å². The summed E-state index contributed by atoms with van der Waals surface area (Å²) in [5.74, 6) is 1.59. The first-order valence-electron chi connectivity index (χ1n) is 7.77. The highest BCUT2D eigenvalue weighted by molar-refractivity contribution is 9.10. The minimum Gasteiger partial charge on any atom is -0.378 e. The van der Waals surface area contributed by atoms with Crippen molar-refractivity contribution in [3.63, 3.8) is 0 Å². The van der Waals surface area contributed by atoms with E-state index in [0.717, 1.165) is 16.3 Å². The van der Waals surface area contributed by atoms with Crippen LogP contribution in [-0.2, 0) is 0 Å². The molecule has 1 aliphatic carbocycles. The average molecular weight is 339 g/mol. The summed E-state index contributed by atoms with van der Waals surface area (Å²) in [6.07, 6.45) is 6.36. The normalized spacial score (nSPS) is 26.8. The molecule has 20 heavy (non-hydrogen) atoms. The van der Waals surface area contributed by atoms with Gasteiger partial charge in [0.2, 0.25) is 0 Å². The van der Waals surface area contributed by atoms with Crippen LogP contribution in [0.2, 0.25) is 0 Å². The van der Waals surface area contributed by atoms with Crippen molar-refractivity contribution in [1.82, 2.24) is 0 Å². The van der Waals surface area contributed by atoms with Gasteiger partial charge in [-0.3, -0.25) is 0 Å². The largest absolute Gasteiger partial charge is 0.378 e. The summed E-state index contributed by atoms with van der Waals surface area (Å²) >= 11 is 3.54. The average Bonchev–Trinajstić information content (AvgIpc) is 2.38. The smallest absolute Gasteiger partial charge is 0.0498 e. The van der Waals surface area contributed by atoms with Gasteiger partial charge in [-0.25, -0.2) is 0 Å². The summed E-state index contributed by atoms with van der Waals surface area (Å²) in [5.41, 5.74) is 7.40. The number of benzene rings is 1. The van der Waals surface area contributed by atoms with Gasteiger partial charge in [0.1, 0.15) is 0 Å². The van der Waals surface area contributed by atoms with E-state index in [4.69, 9.17) is 5.73 Å². The monoisotopic (exact) mass is 338 g/mol. The van der Waals surface area contributed by atoms with Crippen molar-refractivity contribution in [3.8, 4) is 0 Å². The summed E-state index contributed by atoms with van der Waals surface area (Å²) in [5, 5.41) is 3.73. The van der Waals surface area contributed by atoms with Gasteiger partial charge in [-0.15, -0.1) is 0 Å². The molecule has 0 saturated heterocycles. The van der Waals surface area contributed by atoms with Crippen molar-refractivity contribution < 1.29 is 0 Å². The molecule has 1 aromatic carbocycles. The molecule has 3 N–H and O–H groups in total. The maximum Gasteiger partial charge on any atom is 0.0498 e. The van der Waals surface area contributed by atoms with Crippen molar-refractivity contribution in [2.24, 2.45) is 17.6 Å². The van der Waals surface area contributed by atoms with Crippen molar-refractivity contribution in [2.75, 3.05) is 11.9 Å². The number of nitrogens with two attached hydrogens (primary N) is 1. The standard InChI is InChI=1S/C17H27BrN2/c1-13(2)9-14-5-4-8-17(11-14,12-19)20-16-7-3-6-15(18)10-16/h3,6-7,10,13-14,20H,4-5,8-9,11-12,19H2,1-2H3. The van der Waals surface area contributed by atoms with Crippen LogP contribution in [-0.4, -0.2) is 12.1 Å². The Morgan fingerprint density at radius 2 is 2.25 bits per heavy atom. The van der Waals surface area contributed by atoms with E-state index in [1.165, 1.54) is 37.8 Å². The van der Waals surface area contributed by atoms with E-state index in [-0.39, 0.29) is 5.54 Å². The molecule has 3 heteroatoms. The van der Waals surface area contributed by atoms with Crippen LogP contribution < -0.4 is 11.1 Å². The molecule has 1 fully saturated rings. The summed E-state index contributed by atoms with van der Waals surface area (Å²) in [4.78, 5) is 0. The van der Waals surface area contributed by atoms with Crippen LogP contribution in [0, 0.1) is 11.8 Å². The molecule has 0 amide bonds. The molecule has 1 aromatic rings. The van der Waals surface area contributed by atoms with Gasteiger partial charge in [0, 0.05) is 22.2 Å². The first kappa shape index (κ1) is 15.8.